The SMILES string of the molecule is CN1CCC(Oc2ccc(C(=N)c3cc(NC(=O)Nc4ccccc4Cl)ccc3N)cc2)CC1. The molecule has 1 aliphatic rings. The highest BCUT2D eigenvalue weighted by Gasteiger charge is 2.18. The summed E-state index contributed by atoms with van der Waals surface area (Å²) in [7, 11) is 2.12. The number of urea groups is 1. The number of piperidine rings is 1. The van der Waals surface area contributed by atoms with Crippen molar-refractivity contribution in [2.75, 3.05) is 36.5 Å². The Bertz CT molecular complexity index is 1170. The standard InChI is InChI=1S/C26H28ClN5O2/c1-32-14-12-20(13-15-32)34-19-9-6-17(7-10-19)25(29)21-16-18(8-11-23(21)28)30-26(33)31-24-5-3-2-4-22(24)27/h2-11,16,20,29H,12-15,28H2,1H3,(H2,30,31,33). The first-order valence-electron chi connectivity index (χ1n) is 11.2. The fourth-order valence-corrected chi connectivity index (χ4v) is 4.03. The van der Waals surface area contributed by atoms with Crippen molar-refractivity contribution < 1.29 is 9.53 Å². The van der Waals surface area contributed by atoms with Crippen LogP contribution >= 0.6 is 11.6 Å². The molecule has 1 aliphatic heterocycles. The molecule has 3 aromatic carbocycles. The van der Waals surface area contributed by atoms with Gasteiger partial charge in [0.25, 0.3) is 0 Å². The van der Waals surface area contributed by atoms with Crippen molar-refractivity contribution >= 4 is 40.4 Å². The zero-order valence-electron chi connectivity index (χ0n) is 19.0. The van der Waals surface area contributed by atoms with E-state index in [-0.39, 0.29) is 11.8 Å². The molecule has 1 fully saturated rings. The Morgan fingerprint density at radius 2 is 1.76 bits per heavy atom. The van der Waals surface area contributed by atoms with E-state index in [9.17, 15) is 4.79 Å². The quantitative estimate of drug-likeness (QED) is 0.279. The number of para-hydroxylation sites is 1. The highest BCUT2D eigenvalue weighted by molar-refractivity contribution is 6.33. The van der Waals surface area contributed by atoms with Gasteiger partial charge in [-0.3, -0.25) is 5.41 Å². The minimum absolute atomic E-state index is 0.219. The van der Waals surface area contributed by atoms with Crippen LogP contribution in [0.5, 0.6) is 5.75 Å². The third-order valence-corrected chi connectivity index (χ3v) is 6.14. The van der Waals surface area contributed by atoms with Crippen LogP contribution in [0, 0.1) is 5.41 Å². The van der Waals surface area contributed by atoms with Crippen molar-refractivity contribution in [3.63, 3.8) is 0 Å². The number of carbonyl (C=O) groups is 1. The lowest BCUT2D eigenvalue weighted by molar-refractivity contribution is 0.114. The van der Waals surface area contributed by atoms with E-state index in [1.165, 1.54) is 0 Å². The van der Waals surface area contributed by atoms with Gasteiger partial charge in [0, 0.05) is 35.6 Å². The van der Waals surface area contributed by atoms with E-state index in [0.717, 1.165) is 31.7 Å². The van der Waals surface area contributed by atoms with Crippen molar-refractivity contribution in [2.45, 2.75) is 18.9 Å². The summed E-state index contributed by atoms with van der Waals surface area (Å²) in [6, 6.07) is 19.1. The minimum atomic E-state index is -0.439. The third kappa shape index (κ3) is 5.87. The second-order valence-electron chi connectivity index (χ2n) is 8.38. The molecule has 4 rings (SSSR count). The Labute approximate surface area is 204 Å². The molecule has 34 heavy (non-hydrogen) atoms. The fourth-order valence-electron chi connectivity index (χ4n) is 3.85. The lowest BCUT2D eigenvalue weighted by atomic mass is 10.00. The molecule has 0 atom stereocenters. The molecule has 7 nitrogen and oxygen atoms in total. The van der Waals surface area contributed by atoms with Crippen LogP contribution in [0.1, 0.15) is 24.0 Å². The number of nitrogens with zero attached hydrogens (tertiary/aromatic N) is 1. The summed E-state index contributed by atoms with van der Waals surface area (Å²) < 4.78 is 6.10. The Balaban J connectivity index is 1.42. The zero-order chi connectivity index (χ0) is 24.1. The summed E-state index contributed by atoms with van der Waals surface area (Å²) in [5.74, 6) is 0.797. The number of rotatable bonds is 6. The number of halogens is 1. The Kier molecular flexibility index (Phi) is 7.35. The van der Waals surface area contributed by atoms with E-state index < -0.39 is 6.03 Å². The second kappa shape index (κ2) is 10.6. The first-order valence-corrected chi connectivity index (χ1v) is 11.5. The van der Waals surface area contributed by atoms with Gasteiger partial charge in [-0.1, -0.05) is 23.7 Å². The lowest BCUT2D eigenvalue weighted by Crippen LogP contribution is -2.35. The Morgan fingerprint density at radius 1 is 1.06 bits per heavy atom. The molecule has 0 unspecified atom stereocenters. The smallest absolute Gasteiger partial charge is 0.323 e. The van der Waals surface area contributed by atoms with Gasteiger partial charge in [0.1, 0.15) is 11.9 Å². The van der Waals surface area contributed by atoms with Gasteiger partial charge in [-0.2, -0.15) is 0 Å². The topological polar surface area (TPSA) is 103 Å². The number of hydrogen-bond acceptors (Lipinski definition) is 5. The van der Waals surface area contributed by atoms with Crippen molar-refractivity contribution in [3.8, 4) is 5.75 Å². The number of hydrogen-bond donors (Lipinski definition) is 4. The van der Waals surface area contributed by atoms with Gasteiger partial charge in [0.2, 0.25) is 0 Å². The minimum Gasteiger partial charge on any atom is -0.490 e. The van der Waals surface area contributed by atoms with E-state index >= 15 is 0 Å². The van der Waals surface area contributed by atoms with Gasteiger partial charge in [-0.05, 0) is 74.5 Å². The van der Waals surface area contributed by atoms with Crippen LogP contribution in [-0.2, 0) is 0 Å². The zero-order valence-corrected chi connectivity index (χ0v) is 19.7. The monoisotopic (exact) mass is 477 g/mol. The number of benzene rings is 3. The molecule has 8 heteroatoms. The van der Waals surface area contributed by atoms with Crippen LogP contribution < -0.4 is 21.1 Å². The predicted octanol–water partition coefficient (Wildman–Crippen LogP) is 5.46. The van der Waals surface area contributed by atoms with E-state index in [1.54, 1.807) is 42.5 Å². The summed E-state index contributed by atoms with van der Waals surface area (Å²) in [5.41, 5.74) is 9.12. The largest absolute Gasteiger partial charge is 0.490 e. The second-order valence-corrected chi connectivity index (χ2v) is 8.79. The molecule has 0 bridgehead atoms. The van der Waals surface area contributed by atoms with E-state index in [2.05, 4.69) is 22.6 Å². The third-order valence-electron chi connectivity index (χ3n) is 5.81. The maximum Gasteiger partial charge on any atom is 0.323 e. The van der Waals surface area contributed by atoms with Crippen LogP contribution in [-0.4, -0.2) is 42.9 Å². The van der Waals surface area contributed by atoms with Crippen molar-refractivity contribution in [3.05, 3.63) is 82.9 Å². The van der Waals surface area contributed by atoms with Crippen LogP contribution in [0.25, 0.3) is 0 Å². The average Bonchev–Trinajstić information content (AvgIpc) is 2.83. The first kappa shape index (κ1) is 23.6. The van der Waals surface area contributed by atoms with E-state index in [1.807, 2.05) is 24.3 Å². The molecule has 1 heterocycles. The molecule has 0 aromatic heterocycles. The van der Waals surface area contributed by atoms with Crippen LogP contribution in [0.15, 0.2) is 66.7 Å². The molecule has 0 spiro atoms. The molecule has 1 saturated heterocycles. The summed E-state index contributed by atoms with van der Waals surface area (Å²) in [6.45, 7) is 2.07. The molecule has 3 aromatic rings. The Hall–Kier alpha value is -3.55. The number of anilines is 3. The molecule has 176 valence electrons. The number of likely N-dealkylation sites (tertiary alicyclic amines) is 1. The number of amides is 2. The first-order chi connectivity index (χ1) is 16.4. The number of ether oxygens (including phenoxy) is 1. The lowest BCUT2D eigenvalue weighted by Gasteiger charge is -2.29. The van der Waals surface area contributed by atoms with Gasteiger partial charge >= 0.3 is 6.03 Å². The van der Waals surface area contributed by atoms with E-state index in [4.69, 9.17) is 27.5 Å². The molecule has 0 aliphatic carbocycles. The van der Waals surface area contributed by atoms with Gasteiger partial charge < -0.3 is 26.0 Å². The van der Waals surface area contributed by atoms with Gasteiger partial charge in [0.05, 0.1) is 16.4 Å². The molecular formula is C26H28ClN5O2. The van der Waals surface area contributed by atoms with Crippen molar-refractivity contribution in [2.24, 2.45) is 0 Å². The average molecular weight is 478 g/mol. The van der Waals surface area contributed by atoms with E-state index in [0.29, 0.717) is 33.2 Å². The number of carbonyl (C=O) groups excluding carboxylic acids is 1. The van der Waals surface area contributed by atoms with Crippen molar-refractivity contribution in [1.29, 1.82) is 5.41 Å². The van der Waals surface area contributed by atoms with Crippen molar-refractivity contribution in [1.82, 2.24) is 4.90 Å². The van der Waals surface area contributed by atoms with Gasteiger partial charge in [0.15, 0.2) is 0 Å². The highest BCUT2D eigenvalue weighted by Crippen LogP contribution is 2.25. The van der Waals surface area contributed by atoms with Gasteiger partial charge in [-0.15, -0.1) is 0 Å². The summed E-state index contributed by atoms with van der Waals surface area (Å²) in [4.78, 5) is 14.7. The summed E-state index contributed by atoms with van der Waals surface area (Å²) in [5, 5.41) is 14.6. The van der Waals surface area contributed by atoms with Gasteiger partial charge in [-0.25, -0.2) is 4.79 Å². The summed E-state index contributed by atoms with van der Waals surface area (Å²) >= 11 is 6.10. The van der Waals surface area contributed by atoms with Crippen LogP contribution in [0.3, 0.4) is 0 Å². The molecule has 0 radical (unpaired) electrons. The molecule has 5 N–H and O–H groups in total. The molecular weight excluding hydrogens is 450 g/mol. The molecule has 0 saturated carbocycles. The Morgan fingerprint density at radius 3 is 2.47 bits per heavy atom. The highest BCUT2D eigenvalue weighted by atomic mass is 35.5. The normalized spacial score (nSPS) is 14.4. The number of nitrogen functional groups attached to an aromatic ring is 1. The number of nitrogens with two attached hydrogens (primary N) is 1. The maximum absolute atomic E-state index is 12.4. The summed E-state index contributed by atoms with van der Waals surface area (Å²) in [6.07, 6.45) is 2.24. The predicted molar refractivity (Wildman–Crippen MR) is 138 cm³/mol. The molecule has 2 amide bonds. The fraction of sp³-hybridized carbons (Fsp3) is 0.231. The van der Waals surface area contributed by atoms with Crippen LogP contribution in [0.2, 0.25) is 5.02 Å². The number of nitrogens with one attached hydrogen (secondary N) is 3. The van der Waals surface area contributed by atoms with Crippen LogP contribution in [0.4, 0.5) is 21.9 Å². The maximum atomic E-state index is 12.4.